The number of aryl methyl sites for hydroxylation is 2. The molecule has 1 aliphatic heterocycles. The average Bonchev–Trinajstić information content (AvgIpc) is 3.11. The van der Waals surface area contributed by atoms with Crippen LogP contribution in [0.2, 0.25) is 0 Å². The predicted octanol–water partition coefficient (Wildman–Crippen LogP) is 2.16. The standard InChI is InChI=1S/C15H17F2N3O4S/c1-20-9-8-12(25(20,21)22)14-18-13(19-24-14)7-4-10-2-5-11(6-3-10)23-15(16)17/h2-3,5-6,12,15H,4,7-9H2,1H3. The van der Waals surface area contributed by atoms with Gasteiger partial charge in [-0.25, -0.2) is 12.7 Å². The van der Waals surface area contributed by atoms with Crippen LogP contribution in [0.3, 0.4) is 0 Å². The maximum absolute atomic E-state index is 12.1. The van der Waals surface area contributed by atoms with Gasteiger partial charge in [-0.3, -0.25) is 0 Å². The first-order chi connectivity index (χ1) is 11.9. The van der Waals surface area contributed by atoms with Gasteiger partial charge in [0, 0.05) is 20.0 Å². The molecule has 0 aliphatic carbocycles. The molecule has 1 saturated heterocycles. The Morgan fingerprint density at radius 1 is 1.32 bits per heavy atom. The third-order valence-electron chi connectivity index (χ3n) is 4.05. The SMILES string of the molecule is CN1CCC(c2nc(CCc3ccc(OC(F)F)cc3)no2)S1(=O)=O. The molecule has 25 heavy (non-hydrogen) atoms. The summed E-state index contributed by atoms with van der Waals surface area (Å²) in [6.07, 6.45) is 1.43. The Morgan fingerprint density at radius 2 is 2.04 bits per heavy atom. The van der Waals surface area contributed by atoms with Crippen LogP contribution in [0.25, 0.3) is 0 Å². The van der Waals surface area contributed by atoms with Crippen molar-refractivity contribution in [1.29, 1.82) is 0 Å². The molecule has 0 saturated carbocycles. The Hall–Kier alpha value is -2.07. The maximum Gasteiger partial charge on any atom is 0.387 e. The van der Waals surface area contributed by atoms with E-state index >= 15 is 0 Å². The second-order valence-corrected chi connectivity index (χ2v) is 7.94. The lowest BCUT2D eigenvalue weighted by Gasteiger charge is -2.08. The Bertz CT molecular complexity index is 824. The number of alkyl halides is 2. The highest BCUT2D eigenvalue weighted by molar-refractivity contribution is 7.89. The van der Waals surface area contributed by atoms with Crippen LogP contribution in [0.1, 0.15) is 28.9 Å². The third kappa shape index (κ3) is 3.96. The van der Waals surface area contributed by atoms with Crippen molar-refractivity contribution in [3.8, 4) is 5.75 Å². The van der Waals surface area contributed by atoms with Gasteiger partial charge in [0.15, 0.2) is 11.1 Å². The summed E-state index contributed by atoms with van der Waals surface area (Å²) in [4.78, 5) is 4.19. The molecule has 2 heterocycles. The molecular weight excluding hydrogens is 356 g/mol. The summed E-state index contributed by atoms with van der Waals surface area (Å²) in [6, 6.07) is 6.28. The minimum Gasteiger partial charge on any atom is -0.435 e. The van der Waals surface area contributed by atoms with Gasteiger partial charge < -0.3 is 9.26 Å². The summed E-state index contributed by atoms with van der Waals surface area (Å²) < 4.78 is 59.1. The fraction of sp³-hybridized carbons (Fsp3) is 0.467. The zero-order valence-electron chi connectivity index (χ0n) is 13.4. The second kappa shape index (κ2) is 7.04. The lowest BCUT2D eigenvalue weighted by atomic mass is 10.1. The zero-order chi connectivity index (χ0) is 18.0. The summed E-state index contributed by atoms with van der Waals surface area (Å²) in [5.41, 5.74) is 0.890. The van der Waals surface area contributed by atoms with Crippen molar-refractivity contribution in [2.75, 3.05) is 13.6 Å². The smallest absolute Gasteiger partial charge is 0.387 e. The minimum atomic E-state index is -3.43. The van der Waals surface area contributed by atoms with Crippen molar-refractivity contribution in [1.82, 2.24) is 14.4 Å². The summed E-state index contributed by atoms with van der Waals surface area (Å²) in [5.74, 6) is 0.615. The van der Waals surface area contributed by atoms with Crippen LogP contribution in [0.15, 0.2) is 28.8 Å². The van der Waals surface area contributed by atoms with Crippen LogP contribution in [-0.2, 0) is 22.9 Å². The van der Waals surface area contributed by atoms with Crippen molar-refractivity contribution in [3.05, 3.63) is 41.5 Å². The molecule has 0 bridgehead atoms. The second-order valence-electron chi connectivity index (χ2n) is 5.72. The van der Waals surface area contributed by atoms with Gasteiger partial charge in [0.05, 0.1) is 0 Å². The molecule has 1 aromatic carbocycles. The predicted molar refractivity (Wildman–Crippen MR) is 83.7 cm³/mol. The monoisotopic (exact) mass is 373 g/mol. The number of hydrogen-bond acceptors (Lipinski definition) is 6. The summed E-state index contributed by atoms with van der Waals surface area (Å²) >= 11 is 0. The molecule has 1 atom stereocenters. The van der Waals surface area contributed by atoms with E-state index < -0.39 is 21.9 Å². The van der Waals surface area contributed by atoms with E-state index in [1.807, 2.05) is 0 Å². The van der Waals surface area contributed by atoms with E-state index in [1.165, 1.54) is 23.5 Å². The van der Waals surface area contributed by atoms with E-state index in [0.29, 0.717) is 31.6 Å². The largest absolute Gasteiger partial charge is 0.435 e. The van der Waals surface area contributed by atoms with Crippen molar-refractivity contribution in [2.45, 2.75) is 31.1 Å². The number of sulfonamides is 1. The van der Waals surface area contributed by atoms with Crippen LogP contribution in [0.4, 0.5) is 8.78 Å². The first-order valence-corrected chi connectivity index (χ1v) is 9.18. The highest BCUT2D eigenvalue weighted by atomic mass is 32.2. The van der Waals surface area contributed by atoms with Crippen LogP contribution >= 0.6 is 0 Å². The number of benzene rings is 1. The molecule has 136 valence electrons. The van der Waals surface area contributed by atoms with Gasteiger partial charge in [-0.2, -0.15) is 13.8 Å². The van der Waals surface area contributed by atoms with E-state index in [9.17, 15) is 17.2 Å². The van der Waals surface area contributed by atoms with Gasteiger partial charge in [-0.05, 0) is 30.5 Å². The molecular formula is C15H17F2N3O4S. The first kappa shape index (κ1) is 17.7. The fourth-order valence-electron chi connectivity index (χ4n) is 2.64. The Kier molecular flexibility index (Phi) is 5.00. The molecule has 1 aromatic heterocycles. The number of halogens is 2. The number of rotatable bonds is 6. The molecule has 1 unspecified atom stereocenters. The zero-order valence-corrected chi connectivity index (χ0v) is 14.2. The lowest BCUT2D eigenvalue weighted by Crippen LogP contribution is -2.22. The van der Waals surface area contributed by atoms with Gasteiger partial charge in [0.25, 0.3) is 0 Å². The number of aromatic nitrogens is 2. The summed E-state index contributed by atoms with van der Waals surface area (Å²) in [6.45, 7) is -2.42. The van der Waals surface area contributed by atoms with Crippen molar-refractivity contribution >= 4 is 10.0 Å². The topological polar surface area (TPSA) is 85.5 Å². The van der Waals surface area contributed by atoms with Gasteiger partial charge in [-0.1, -0.05) is 17.3 Å². The average molecular weight is 373 g/mol. The molecule has 0 radical (unpaired) electrons. The Morgan fingerprint density at radius 3 is 2.64 bits per heavy atom. The molecule has 0 amide bonds. The van der Waals surface area contributed by atoms with Crippen LogP contribution in [0.5, 0.6) is 5.75 Å². The van der Waals surface area contributed by atoms with Gasteiger partial charge >= 0.3 is 6.61 Å². The highest BCUT2D eigenvalue weighted by Gasteiger charge is 2.41. The van der Waals surface area contributed by atoms with Crippen LogP contribution in [0, 0.1) is 0 Å². The maximum atomic E-state index is 12.1. The highest BCUT2D eigenvalue weighted by Crippen LogP contribution is 2.33. The van der Waals surface area contributed by atoms with E-state index in [-0.39, 0.29) is 11.6 Å². The minimum absolute atomic E-state index is 0.0937. The quantitative estimate of drug-likeness (QED) is 0.771. The van der Waals surface area contributed by atoms with Crippen molar-refractivity contribution < 1.29 is 26.5 Å². The molecule has 0 spiro atoms. The molecule has 3 rings (SSSR count). The Balaban J connectivity index is 1.61. The van der Waals surface area contributed by atoms with E-state index in [1.54, 1.807) is 12.1 Å². The van der Waals surface area contributed by atoms with Crippen molar-refractivity contribution in [3.63, 3.8) is 0 Å². The van der Waals surface area contributed by atoms with E-state index in [0.717, 1.165) is 5.56 Å². The summed E-state index contributed by atoms with van der Waals surface area (Å²) in [5, 5.41) is 3.04. The molecule has 7 nitrogen and oxygen atoms in total. The van der Waals surface area contributed by atoms with Crippen molar-refractivity contribution in [2.24, 2.45) is 0 Å². The van der Waals surface area contributed by atoms with Crippen LogP contribution in [-0.4, -0.2) is 43.1 Å². The lowest BCUT2D eigenvalue weighted by molar-refractivity contribution is -0.0498. The molecule has 1 fully saturated rings. The van der Waals surface area contributed by atoms with E-state index in [2.05, 4.69) is 14.9 Å². The first-order valence-electron chi connectivity index (χ1n) is 7.67. The number of ether oxygens (including phenoxy) is 1. The number of nitrogens with zero attached hydrogens (tertiary/aromatic N) is 3. The number of hydrogen-bond donors (Lipinski definition) is 0. The fourth-order valence-corrected chi connectivity index (χ4v) is 4.18. The van der Waals surface area contributed by atoms with Gasteiger partial charge in [0.2, 0.25) is 15.9 Å². The van der Waals surface area contributed by atoms with Gasteiger partial charge in [0.1, 0.15) is 5.75 Å². The van der Waals surface area contributed by atoms with Crippen LogP contribution < -0.4 is 4.74 Å². The molecule has 0 N–H and O–H groups in total. The third-order valence-corrected chi connectivity index (χ3v) is 6.25. The molecule has 2 aromatic rings. The van der Waals surface area contributed by atoms with Gasteiger partial charge in [-0.15, -0.1) is 0 Å². The Labute approximate surface area is 143 Å². The normalized spacial score (nSPS) is 20.2. The molecule has 1 aliphatic rings. The molecule has 10 heteroatoms. The summed E-state index contributed by atoms with van der Waals surface area (Å²) in [7, 11) is -1.90. The van der Waals surface area contributed by atoms with E-state index in [4.69, 9.17) is 4.52 Å².